The Balaban J connectivity index is 1.87. The third-order valence-corrected chi connectivity index (χ3v) is 6.83. The molecule has 2 fully saturated rings. The monoisotopic (exact) mass is 315 g/mol. The zero-order valence-corrected chi connectivity index (χ0v) is 13.4. The van der Waals surface area contributed by atoms with Crippen LogP contribution in [0.5, 0.6) is 0 Å². The zero-order chi connectivity index (χ0) is 14.2. The minimum Gasteiger partial charge on any atom is -0.302 e. The van der Waals surface area contributed by atoms with Crippen molar-refractivity contribution in [2.45, 2.75) is 43.6 Å². The van der Waals surface area contributed by atoms with Crippen molar-refractivity contribution in [2.75, 3.05) is 25.4 Å². The van der Waals surface area contributed by atoms with Crippen LogP contribution in [0.4, 0.5) is 0 Å². The lowest BCUT2D eigenvalue weighted by atomic mass is 9.89. The topological polar surface area (TPSA) is 63.2 Å². The van der Waals surface area contributed by atoms with Crippen LogP contribution in [0.3, 0.4) is 0 Å². The van der Waals surface area contributed by atoms with Gasteiger partial charge in [0.15, 0.2) is 14.9 Å². The van der Waals surface area contributed by atoms with E-state index in [9.17, 15) is 8.42 Å². The largest absolute Gasteiger partial charge is 0.302 e. The van der Waals surface area contributed by atoms with Crippen molar-refractivity contribution in [2.24, 2.45) is 5.92 Å². The first-order valence-electron chi connectivity index (χ1n) is 7.39. The van der Waals surface area contributed by atoms with E-state index in [0.717, 1.165) is 43.5 Å². The number of nitrogens with zero attached hydrogens (tertiary/aromatic N) is 3. The molecule has 1 aromatic rings. The van der Waals surface area contributed by atoms with E-state index in [4.69, 9.17) is 0 Å². The molecule has 2 aliphatic heterocycles. The highest BCUT2D eigenvalue weighted by atomic mass is 32.2. The van der Waals surface area contributed by atoms with Crippen molar-refractivity contribution < 1.29 is 8.42 Å². The van der Waals surface area contributed by atoms with Gasteiger partial charge in [0.2, 0.25) is 0 Å². The Morgan fingerprint density at radius 2 is 2.20 bits per heavy atom. The number of aromatic nitrogens is 2. The van der Waals surface area contributed by atoms with Crippen LogP contribution >= 0.6 is 11.7 Å². The number of sulfone groups is 1. The van der Waals surface area contributed by atoms with Crippen LogP contribution in [0.15, 0.2) is 5.03 Å². The van der Waals surface area contributed by atoms with Crippen molar-refractivity contribution in [1.82, 2.24) is 13.6 Å². The van der Waals surface area contributed by atoms with Gasteiger partial charge in [-0.2, -0.15) is 8.75 Å². The average molecular weight is 315 g/mol. The van der Waals surface area contributed by atoms with E-state index in [1.807, 2.05) is 6.92 Å². The molecule has 0 saturated carbocycles. The molecule has 3 rings (SSSR count). The third-order valence-electron chi connectivity index (χ3n) is 4.46. The van der Waals surface area contributed by atoms with Crippen LogP contribution in [0.2, 0.25) is 0 Å². The maximum Gasteiger partial charge on any atom is 0.198 e. The fourth-order valence-electron chi connectivity index (χ4n) is 3.38. The van der Waals surface area contributed by atoms with Gasteiger partial charge in [-0.1, -0.05) is 13.3 Å². The van der Waals surface area contributed by atoms with Gasteiger partial charge in [0.25, 0.3) is 0 Å². The summed E-state index contributed by atoms with van der Waals surface area (Å²) in [6.45, 7) is 5.19. The maximum atomic E-state index is 12.4. The van der Waals surface area contributed by atoms with Crippen molar-refractivity contribution in [3.8, 4) is 0 Å². The van der Waals surface area contributed by atoms with Gasteiger partial charge in [0, 0.05) is 19.0 Å². The van der Waals surface area contributed by atoms with Crippen molar-refractivity contribution in [1.29, 1.82) is 0 Å². The smallest absolute Gasteiger partial charge is 0.198 e. The molecule has 2 aliphatic rings. The molecule has 0 amide bonds. The van der Waals surface area contributed by atoms with E-state index in [2.05, 4.69) is 13.6 Å². The highest BCUT2D eigenvalue weighted by molar-refractivity contribution is 7.91. The molecule has 3 atom stereocenters. The minimum atomic E-state index is -3.26. The van der Waals surface area contributed by atoms with Crippen LogP contribution in [0.1, 0.15) is 44.2 Å². The minimum absolute atomic E-state index is 0.197. The second-order valence-electron chi connectivity index (χ2n) is 5.90. The first kappa shape index (κ1) is 14.4. The predicted molar refractivity (Wildman–Crippen MR) is 78.8 cm³/mol. The normalized spacial score (nSPS) is 29.8. The van der Waals surface area contributed by atoms with Gasteiger partial charge in [-0.05, 0) is 31.7 Å². The standard InChI is InChI=1S/C13H21N3O2S2/c1-2-3-7-20(17,18)13-12(14-19-15-13)11-9-16-6-4-5-10(11)8-16/h10-11H,2-9H2,1H3. The lowest BCUT2D eigenvalue weighted by Crippen LogP contribution is -2.25. The highest BCUT2D eigenvalue weighted by Crippen LogP contribution is 2.40. The summed E-state index contributed by atoms with van der Waals surface area (Å²) >= 11 is 1.05. The molecule has 1 aromatic heterocycles. The summed E-state index contributed by atoms with van der Waals surface area (Å²) in [6.07, 6.45) is 3.98. The number of unbranched alkanes of at least 4 members (excludes halogenated alkanes) is 1. The molecule has 2 bridgehead atoms. The Hall–Kier alpha value is -0.530. The van der Waals surface area contributed by atoms with Gasteiger partial charge < -0.3 is 4.90 Å². The summed E-state index contributed by atoms with van der Waals surface area (Å²) in [6, 6.07) is 0. The average Bonchev–Trinajstić information content (AvgIpc) is 3.02. The fourth-order valence-corrected chi connectivity index (χ4v) is 5.89. The summed E-state index contributed by atoms with van der Waals surface area (Å²) in [4.78, 5) is 2.43. The first-order chi connectivity index (χ1) is 9.62. The Labute approximate surface area is 124 Å². The summed E-state index contributed by atoms with van der Waals surface area (Å²) in [7, 11) is -3.26. The van der Waals surface area contributed by atoms with Crippen LogP contribution in [0.25, 0.3) is 0 Å². The lowest BCUT2D eigenvalue weighted by molar-refractivity contribution is 0.269. The lowest BCUT2D eigenvalue weighted by Gasteiger charge is -2.21. The summed E-state index contributed by atoms with van der Waals surface area (Å²) in [5.41, 5.74) is 0.750. The molecular formula is C13H21N3O2S2. The molecular weight excluding hydrogens is 294 g/mol. The van der Waals surface area contributed by atoms with Gasteiger partial charge in [0.1, 0.15) is 0 Å². The SMILES string of the molecule is CCCCS(=O)(=O)c1nsnc1C1CN2CCCC1C2. The molecule has 3 heterocycles. The number of hydrogen-bond acceptors (Lipinski definition) is 6. The Morgan fingerprint density at radius 3 is 2.95 bits per heavy atom. The van der Waals surface area contributed by atoms with Crippen molar-refractivity contribution >= 4 is 21.6 Å². The number of rotatable bonds is 5. The molecule has 112 valence electrons. The zero-order valence-electron chi connectivity index (χ0n) is 11.8. The number of fused-ring (bicyclic) bond motifs is 2. The molecule has 0 spiro atoms. The fraction of sp³-hybridized carbons (Fsp3) is 0.846. The second-order valence-corrected chi connectivity index (χ2v) is 8.45. The van der Waals surface area contributed by atoms with E-state index < -0.39 is 9.84 Å². The molecule has 0 aromatic carbocycles. The van der Waals surface area contributed by atoms with Crippen LogP contribution in [-0.2, 0) is 9.84 Å². The van der Waals surface area contributed by atoms with Crippen LogP contribution in [0, 0.1) is 5.92 Å². The van der Waals surface area contributed by atoms with Gasteiger partial charge in [-0.25, -0.2) is 8.42 Å². The molecule has 7 heteroatoms. The summed E-state index contributed by atoms with van der Waals surface area (Å²) in [5, 5.41) is 0.273. The Kier molecular flexibility index (Phi) is 4.10. The predicted octanol–water partition coefficient (Wildman–Crippen LogP) is 1.92. The molecule has 5 nitrogen and oxygen atoms in total. The van der Waals surface area contributed by atoms with Crippen molar-refractivity contribution in [3.63, 3.8) is 0 Å². The van der Waals surface area contributed by atoms with E-state index in [1.54, 1.807) is 0 Å². The number of piperidine rings is 1. The molecule has 0 radical (unpaired) electrons. The molecule has 3 unspecified atom stereocenters. The van der Waals surface area contributed by atoms with Gasteiger partial charge in [-0.15, -0.1) is 0 Å². The van der Waals surface area contributed by atoms with Crippen molar-refractivity contribution in [3.05, 3.63) is 5.69 Å². The molecule has 0 aliphatic carbocycles. The number of hydrogen-bond donors (Lipinski definition) is 0. The Morgan fingerprint density at radius 1 is 1.35 bits per heavy atom. The molecule has 2 saturated heterocycles. The Bertz CT molecular complexity index is 570. The van der Waals surface area contributed by atoms with E-state index in [1.165, 1.54) is 12.8 Å². The van der Waals surface area contributed by atoms with Crippen LogP contribution in [-0.4, -0.2) is 47.5 Å². The van der Waals surface area contributed by atoms with Gasteiger partial charge in [-0.3, -0.25) is 0 Å². The maximum absolute atomic E-state index is 12.4. The highest BCUT2D eigenvalue weighted by Gasteiger charge is 2.40. The third kappa shape index (κ3) is 2.63. The van der Waals surface area contributed by atoms with Crippen LogP contribution < -0.4 is 0 Å². The van der Waals surface area contributed by atoms with E-state index >= 15 is 0 Å². The molecule has 0 N–H and O–H groups in total. The summed E-state index contributed by atoms with van der Waals surface area (Å²) in [5.74, 6) is 1.03. The van der Waals surface area contributed by atoms with Gasteiger partial charge in [0.05, 0.1) is 23.2 Å². The molecule has 20 heavy (non-hydrogen) atoms. The van der Waals surface area contributed by atoms with Gasteiger partial charge >= 0.3 is 0 Å². The second kappa shape index (κ2) is 5.69. The van der Waals surface area contributed by atoms with E-state index in [0.29, 0.717) is 12.3 Å². The quantitative estimate of drug-likeness (QED) is 0.830. The summed E-state index contributed by atoms with van der Waals surface area (Å²) < 4.78 is 33.3. The van der Waals surface area contributed by atoms with E-state index in [-0.39, 0.29) is 16.7 Å². The first-order valence-corrected chi connectivity index (χ1v) is 9.77.